The summed E-state index contributed by atoms with van der Waals surface area (Å²) in [6.45, 7) is 0. The van der Waals surface area contributed by atoms with Gasteiger partial charge in [-0.2, -0.15) is 0 Å². The van der Waals surface area contributed by atoms with Crippen molar-refractivity contribution in [3.05, 3.63) is 29.3 Å². The largest absolute Gasteiger partial charge is 0.740 e. The van der Waals surface area contributed by atoms with Crippen LogP contribution in [0.25, 0.3) is 0 Å². The zero-order valence-electron chi connectivity index (χ0n) is 7.58. The molecular weight excluding hydrogens is 240 g/mol. The smallest absolute Gasteiger partial charge is 0.339 e. The Kier molecular flexibility index (Phi) is 3.59. The van der Waals surface area contributed by atoms with Gasteiger partial charge >= 0.3 is 11.9 Å². The highest BCUT2D eigenvalue weighted by Gasteiger charge is 2.15. The van der Waals surface area contributed by atoms with Crippen LogP contribution in [0.3, 0.4) is 0 Å². The van der Waals surface area contributed by atoms with Gasteiger partial charge in [0.25, 0.3) is 0 Å². The Morgan fingerprint density at radius 2 is 1.88 bits per heavy atom. The molecule has 1 atom stereocenters. The van der Waals surface area contributed by atoms with E-state index in [0.717, 1.165) is 18.2 Å². The maximum Gasteiger partial charge on any atom is 0.339 e. The molecule has 1 aromatic carbocycles. The fraction of sp³-hybridized carbons (Fsp3) is 0. The Morgan fingerprint density at radius 1 is 1.25 bits per heavy atom. The van der Waals surface area contributed by atoms with E-state index in [1.54, 1.807) is 0 Å². The molecule has 0 saturated carbocycles. The number of carboxylic acids is 2. The molecule has 0 aromatic heterocycles. The molecule has 1 rings (SSSR count). The van der Waals surface area contributed by atoms with Crippen molar-refractivity contribution in [1.82, 2.24) is 0 Å². The van der Waals surface area contributed by atoms with Crippen LogP contribution in [-0.4, -0.2) is 30.9 Å². The maximum atomic E-state index is 10.7. The van der Waals surface area contributed by atoms with Crippen molar-refractivity contribution in [1.29, 1.82) is 0 Å². The van der Waals surface area contributed by atoms with Crippen molar-refractivity contribution in [3.8, 4) is 5.75 Å². The fourth-order valence-electron chi connectivity index (χ4n) is 0.974. The molecule has 0 heterocycles. The second kappa shape index (κ2) is 4.73. The summed E-state index contributed by atoms with van der Waals surface area (Å²) in [7, 11) is 0. The van der Waals surface area contributed by atoms with Crippen LogP contribution in [0.2, 0.25) is 0 Å². The Labute approximate surface area is 91.8 Å². The highest BCUT2D eigenvalue weighted by atomic mass is 32.2. The third-order valence-corrected chi connectivity index (χ3v) is 1.93. The van der Waals surface area contributed by atoms with Crippen molar-refractivity contribution >= 4 is 23.3 Å². The zero-order valence-corrected chi connectivity index (χ0v) is 8.39. The molecule has 0 aliphatic rings. The van der Waals surface area contributed by atoms with Gasteiger partial charge in [0, 0.05) is 0 Å². The predicted molar refractivity (Wildman–Crippen MR) is 49.9 cm³/mol. The van der Waals surface area contributed by atoms with Crippen molar-refractivity contribution in [2.75, 3.05) is 0 Å². The molecule has 2 N–H and O–H groups in total. The van der Waals surface area contributed by atoms with Gasteiger partial charge in [-0.1, -0.05) is 0 Å². The van der Waals surface area contributed by atoms with Crippen LogP contribution in [-0.2, 0) is 11.4 Å². The lowest BCUT2D eigenvalue weighted by Crippen LogP contribution is -2.07. The minimum atomic E-state index is -2.97. The number of benzene rings is 1. The van der Waals surface area contributed by atoms with E-state index in [9.17, 15) is 18.4 Å². The second-order valence-electron chi connectivity index (χ2n) is 2.61. The summed E-state index contributed by atoms with van der Waals surface area (Å²) in [4.78, 5) is 21.2. The first-order valence-electron chi connectivity index (χ1n) is 3.80. The molecule has 0 aliphatic heterocycles. The van der Waals surface area contributed by atoms with Crippen LogP contribution in [0.1, 0.15) is 20.7 Å². The third-order valence-electron chi connectivity index (χ3n) is 1.62. The van der Waals surface area contributed by atoms with Crippen LogP contribution < -0.4 is 4.18 Å². The first-order valence-corrected chi connectivity index (χ1v) is 4.80. The number of rotatable bonds is 4. The quantitative estimate of drug-likeness (QED) is 0.728. The molecule has 0 radical (unpaired) electrons. The molecule has 8 heteroatoms. The van der Waals surface area contributed by atoms with Crippen molar-refractivity contribution < 1.29 is 32.7 Å². The van der Waals surface area contributed by atoms with E-state index in [1.165, 1.54) is 0 Å². The minimum absolute atomic E-state index is 0.273. The first kappa shape index (κ1) is 12.1. The van der Waals surface area contributed by atoms with Gasteiger partial charge in [-0.3, -0.25) is 0 Å². The van der Waals surface area contributed by atoms with Crippen LogP contribution in [0.4, 0.5) is 0 Å². The van der Waals surface area contributed by atoms with Gasteiger partial charge in [0.1, 0.15) is 16.9 Å². The Hall–Kier alpha value is -1.93. The molecule has 86 valence electrons. The van der Waals surface area contributed by atoms with E-state index in [4.69, 9.17) is 10.2 Å². The molecule has 0 spiro atoms. The van der Waals surface area contributed by atoms with Gasteiger partial charge in [0.15, 0.2) is 5.75 Å². The molecule has 0 fully saturated rings. The van der Waals surface area contributed by atoms with E-state index in [-0.39, 0.29) is 5.56 Å². The summed E-state index contributed by atoms with van der Waals surface area (Å²) in [5.41, 5.74) is -0.709. The fourth-order valence-corrected chi connectivity index (χ4v) is 1.26. The monoisotopic (exact) mass is 245 g/mol. The van der Waals surface area contributed by atoms with Crippen molar-refractivity contribution in [2.24, 2.45) is 0 Å². The number of carbonyl (C=O) groups is 2. The lowest BCUT2D eigenvalue weighted by Gasteiger charge is -2.10. The third kappa shape index (κ3) is 2.78. The average molecular weight is 245 g/mol. The Balaban J connectivity index is 3.26. The van der Waals surface area contributed by atoms with Gasteiger partial charge in [-0.15, -0.1) is 0 Å². The van der Waals surface area contributed by atoms with E-state index in [2.05, 4.69) is 4.18 Å². The highest BCUT2D eigenvalue weighted by molar-refractivity contribution is 7.74. The molecule has 1 aromatic rings. The SMILES string of the molecule is O=C(O)c1ccc(C(=O)O)c(OS(=O)[O-])c1. The molecule has 0 saturated heterocycles. The summed E-state index contributed by atoms with van der Waals surface area (Å²) >= 11 is -2.97. The first-order chi connectivity index (χ1) is 7.41. The highest BCUT2D eigenvalue weighted by Crippen LogP contribution is 2.21. The van der Waals surface area contributed by atoms with E-state index >= 15 is 0 Å². The van der Waals surface area contributed by atoms with Crippen LogP contribution >= 0.6 is 0 Å². The van der Waals surface area contributed by atoms with Crippen molar-refractivity contribution in [3.63, 3.8) is 0 Å². The molecule has 0 aliphatic carbocycles. The number of hydrogen-bond donors (Lipinski definition) is 2. The summed E-state index contributed by atoms with van der Waals surface area (Å²) in [6, 6.07) is 2.81. The molecule has 1 unspecified atom stereocenters. The maximum absolute atomic E-state index is 10.7. The number of aromatic carboxylic acids is 2. The predicted octanol–water partition coefficient (Wildman–Crippen LogP) is 0.256. The van der Waals surface area contributed by atoms with Gasteiger partial charge in [0.05, 0.1) is 5.56 Å². The van der Waals surface area contributed by atoms with Gasteiger partial charge < -0.3 is 18.9 Å². The number of hydrogen-bond acceptors (Lipinski definition) is 5. The lowest BCUT2D eigenvalue weighted by molar-refractivity contribution is 0.0679. The van der Waals surface area contributed by atoms with Crippen LogP contribution in [0, 0.1) is 0 Å². The van der Waals surface area contributed by atoms with Crippen molar-refractivity contribution in [2.45, 2.75) is 0 Å². The average Bonchev–Trinajstić information content (AvgIpc) is 2.15. The molecular formula is C8H5O7S-. The minimum Gasteiger partial charge on any atom is -0.740 e. The van der Waals surface area contributed by atoms with Crippen LogP contribution in [0.15, 0.2) is 18.2 Å². The second-order valence-corrected chi connectivity index (χ2v) is 3.18. The standard InChI is InChI=1S/C8H6O7S/c9-7(10)4-1-2-5(8(11)12)6(3-4)15-16(13)14/h1-3H,(H,9,10)(H,11,12)(H,13,14)/p-1. The zero-order chi connectivity index (χ0) is 12.3. The molecule has 7 nitrogen and oxygen atoms in total. The van der Waals surface area contributed by atoms with Crippen LogP contribution in [0.5, 0.6) is 5.75 Å². The normalized spacial score (nSPS) is 11.8. The summed E-state index contributed by atoms with van der Waals surface area (Å²) in [5.74, 6) is -3.28. The Morgan fingerprint density at radius 3 is 2.31 bits per heavy atom. The van der Waals surface area contributed by atoms with Gasteiger partial charge in [-0.25, -0.2) is 13.8 Å². The van der Waals surface area contributed by atoms with E-state index < -0.39 is 34.6 Å². The molecule has 0 amide bonds. The summed E-state index contributed by atoms with van der Waals surface area (Å²) in [5, 5.41) is 17.3. The summed E-state index contributed by atoms with van der Waals surface area (Å²) < 4.78 is 24.7. The lowest BCUT2D eigenvalue weighted by atomic mass is 10.1. The van der Waals surface area contributed by atoms with E-state index in [1.807, 2.05) is 0 Å². The van der Waals surface area contributed by atoms with E-state index in [0.29, 0.717) is 0 Å². The number of carboxylic acid groups (broad SMARTS) is 2. The Bertz CT molecular complexity index is 467. The molecule has 0 bridgehead atoms. The van der Waals surface area contributed by atoms with Gasteiger partial charge in [-0.05, 0) is 18.2 Å². The topological polar surface area (TPSA) is 124 Å². The van der Waals surface area contributed by atoms with Gasteiger partial charge in [0.2, 0.25) is 0 Å². The molecule has 16 heavy (non-hydrogen) atoms. The summed E-state index contributed by atoms with van der Waals surface area (Å²) in [6.07, 6.45) is 0.